The van der Waals surface area contributed by atoms with Crippen molar-refractivity contribution >= 4 is 35.6 Å². The summed E-state index contributed by atoms with van der Waals surface area (Å²) < 4.78 is 0. The highest BCUT2D eigenvalue weighted by Gasteiger charge is 2.05. The van der Waals surface area contributed by atoms with E-state index in [1.807, 2.05) is 36.4 Å². The van der Waals surface area contributed by atoms with Crippen molar-refractivity contribution in [2.24, 2.45) is 5.73 Å². The van der Waals surface area contributed by atoms with E-state index in [-0.39, 0.29) is 18.4 Å². The molecule has 2 aromatic rings. The molecule has 0 heterocycles. The topological polar surface area (TPSA) is 26.0 Å². The monoisotopic (exact) mass is 329 g/mol. The molecule has 0 aliphatic heterocycles. The fourth-order valence-electron chi connectivity index (χ4n) is 2.03. The Morgan fingerprint density at radius 1 is 0.800 bits per heavy atom. The fourth-order valence-corrected chi connectivity index (χ4v) is 2.28. The molecule has 0 aliphatic rings. The van der Waals surface area contributed by atoms with E-state index in [1.54, 1.807) is 0 Å². The minimum atomic E-state index is 0. The van der Waals surface area contributed by atoms with Crippen LogP contribution in [0.5, 0.6) is 0 Å². The van der Waals surface area contributed by atoms with Crippen molar-refractivity contribution in [2.45, 2.75) is 25.3 Å². The first-order valence-corrected chi connectivity index (χ1v) is 7.13. The van der Waals surface area contributed by atoms with E-state index in [4.69, 9.17) is 28.9 Å². The van der Waals surface area contributed by atoms with Crippen molar-refractivity contribution in [3.8, 4) is 0 Å². The van der Waals surface area contributed by atoms with E-state index in [1.165, 1.54) is 11.1 Å². The second-order valence-electron chi connectivity index (χ2n) is 4.76. The van der Waals surface area contributed by atoms with E-state index in [0.717, 1.165) is 29.3 Å². The van der Waals surface area contributed by atoms with Crippen LogP contribution in [0.3, 0.4) is 0 Å². The van der Waals surface area contributed by atoms with Gasteiger partial charge in [0.2, 0.25) is 0 Å². The van der Waals surface area contributed by atoms with Gasteiger partial charge in [-0.2, -0.15) is 0 Å². The quantitative estimate of drug-likeness (QED) is 0.827. The average molecular weight is 331 g/mol. The van der Waals surface area contributed by atoms with E-state index >= 15 is 0 Å². The first-order valence-electron chi connectivity index (χ1n) is 6.38. The molecular weight excluding hydrogens is 313 g/mol. The smallest absolute Gasteiger partial charge is 0.0406 e. The van der Waals surface area contributed by atoms with Gasteiger partial charge in [-0.05, 0) is 54.7 Å². The van der Waals surface area contributed by atoms with Crippen LogP contribution in [-0.2, 0) is 12.8 Å². The van der Waals surface area contributed by atoms with Crippen LogP contribution in [0, 0.1) is 0 Å². The minimum absolute atomic E-state index is 0. The zero-order valence-electron chi connectivity index (χ0n) is 11.1. The lowest BCUT2D eigenvalue weighted by Gasteiger charge is -2.11. The van der Waals surface area contributed by atoms with Crippen LogP contribution in [0.25, 0.3) is 0 Å². The summed E-state index contributed by atoms with van der Waals surface area (Å²) in [5.74, 6) is 0. The summed E-state index contributed by atoms with van der Waals surface area (Å²) in [5, 5.41) is 1.53. The highest BCUT2D eigenvalue weighted by atomic mass is 35.5. The first kappa shape index (κ1) is 17.3. The molecule has 1 unspecified atom stereocenters. The van der Waals surface area contributed by atoms with Gasteiger partial charge in [0.1, 0.15) is 0 Å². The molecule has 2 rings (SSSR count). The van der Waals surface area contributed by atoms with Gasteiger partial charge in [-0.3, -0.25) is 0 Å². The van der Waals surface area contributed by atoms with Crippen LogP contribution in [0.2, 0.25) is 10.0 Å². The van der Waals surface area contributed by atoms with Crippen molar-refractivity contribution < 1.29 is 0 Å². The van der Waals surface area contributed by atoms with Crippen molar-refractivity contribution in [2.75, 3.05) is 0 Å². The van der Waals surface area contributed by atoms with Crippen LogP contribution >= 0.6 is 35.6 Å². The van der Waals surface area contributed by atoms with Crippen LogP contribution in [0.1, 0.15) is 17.5 Å². The van der Waals surface area contributed by atoms with Gasteiger partial charge in [0.05, 0.1) is 0 Å². The summed E-state index contributed by atoms with van der Waals surface area (Å²) in [6.07, 6.45) is 2.82. The SMILES string of the molecule is Cl.NC(CCc1ccc(Cl)cc1)Cc1ccc(Cl)cc1. The number of aryl methyl sites for hydroxylation is 1. The molecule has 0 amide bonds. The molecule has 0 bridgehead atoms. The summed E-state index contributed by atoms with van der Waals surface area (Å²) >= 11 is 11.7. The Bertz CT molecular complexity index is 508. The maximum absolute atomic E-state index is 6.16. The number of rotatable bonds is 5. The summed E-state index contributed by atoms with van der Waals surface area (Å²) in [5.41, 5.74) is 8.67. The lowest BCUT2D eigenvalue weighted by atomic mass is 10.00. The highest BCUT2D eigenvalue weighted by Crippen LogP contribution is 2.14. The molecule has 0 aliphatic carbocycles. The Morgan fingerprint density at radius 3 is 1.75 bits per heavy atom. The third kappa shape index (κ3) is 5.72. The number of benzene rings is 2. The molecule has 0 spiro atoms. The largest absolute Gasteiger partial charge is 0.327 e. The van der Waals surface area contributed by atoms with Gasteiger partial charge in [-0.25, -0.2) is 0 Å². The molecule has 0 fully saturated rings. The zero-order valence-corrected chi connectivity index (χ0v) is 13.4. The van der Waals surface area contributed by atoms with Crippen molar-refractivity contribution in [3.63, 3.8) is 0 Å². The molecule has 0 radical (unpaired) electrons. The molecule has 4 heteroatoms. The minimum Gasteiger partial charge on any atom is -0.327 e. The van der Waals surface area contributed by atoms with Gasteiger partial charge in [-0.15, -0.1) is 12.4 Å². The number of nitrogens with two attached hydrogens (primary N) is 1. The maximum atomic E-state index is 6.16. The van der Waals surface area contributed by atoms with Gasteiger partial charge in [0, 0.05) is 16.1 Å². The molecule has 0 aromatic heterocycles. The number of halogens is 3. The molecule has 0 saturated heterocycles. The maximum Gasteiger partial charge on any atom is 0.0406 e. The standard InChI is InChI=1S/C16H17Cl2N.ClH/c17-14-6-1-12(2-7-14)5-10-16(19)11-13-3-8-15(18)9-4-13;/h1-4,6-9,16H,5,10-11,19H2;1H. The Hall–Kier alpha value is -0.730. The van der Waals surface area contributed by atoms with Crippen molar-refractivity contribution in [3.05, 3.63) is 69.7 Å². The van der Waals surface area contributed by atoms with Gasteiger partial charge in [0.25, 0.3) is 0 Å². The second-order valence-corrected chi connectivity index (χ2v) is 5.63. The lowest BCUT2D eigenvalue weighted by Crippen LogP contribution is -2.23. The average Bonchev–Trinajstić information content (AvgIpc) is 2.41. The molecular formula is C16H18Cl3N. The van der Waals surface area contributed by atoms with Crippen LogP contribution in [0.4, 0.5) is 0 Å². The van der Waals surface area contributed by atoms with Crippen LogP contribution < -0.4 is 5.73 Å². The van der Waals surface area contributed by atoms with E-state index in [9.17, 15) is 0 Å². The summed E-state index contributed by atoms with van der Waals surface area (Å²) in [6, 6.07) is 16.0. The van der Waals surface area contributed by atoms with Crippen molar-refractivity contribution in [1.29, 1.82) is 0 Å². The highest BCUT2D eigenvalue weighted by molar-refractivity contribution is 6.30. The lowest BCUT2D eigenvalue weighted by molar-refractivity contribution is 0.610. The van der Waals surface area contributed by atoms with Crippen LogP contribution in [0.15, 0.2) is 48.5 Å². The first-order chi connectivity index (χ1) is 9.13. The molecule has 1 nitrogen and oxygen atoms in total. The third-order valence-corrected chi connectivity index (χ3v) is 3.63. The Balaban J connectivity index is 0.00000200. The Labute approximate surface area is 136 Å². The number of hydrogen-bond donors (Lipinski definition) is 1. The molecule has 2 N–H and O–H groups in total. The molecule has 1 atom stereocenters. The fraction of sp³-hybridized carbons (Fsp3) is 0.250. The van der Waals surface area contributed by atoms with Gasteiger partial charge < -0.3 is 5.73 Å². The van der Waals surface area contributed by atoms with E-state index in [0.29, 0.717) is 0 Å². The van der Waals surface area contributed by atoms with E-state index in [2.05, 4.69) is 12.1 Å². The van der Waals surface area contributed by atoms with Gasteiger partial charge >= 0.3 is 0 Å². The van der Waals surface area contributed by atoms with Gasteiger partial charge in [-0.1, -0.05) is 47.5 Å². The van der Waals surface area contributed by atoms with Crippen molar-refractivity contribution in [1.82, 2.24) is 0 Å². The Kier molecular flexibility index (Phi) is 7.39. The molecule has 0 saturated carbocycles. The Morgan fingerprint density at radius 2 is 1.25 bits per heavy atom. The third-order valence-electron chi connectivity index (χ3n) is 3.13. The predicted molar refractivity (Wildman–Crippen MR) is 90.2 cm³/mol. The number of hydrogen-bond acceptors (Lipinski definition) is 1. The van der Waals surface area contributed by atoms with Crippen LogP contribution in [-0.4, -0.2) is 6.04 Å². The van der Waals surface area contributed by atoms with Gasteiger partial charge in [0.15, 0.2) is 0 Å². The summed E-state index contributed by atoms with van der Waals surface area (Å²) in [7, 11) is 0. The molecule has 108 valence electrons. The summed E-state index contributed by atoms with van der Waals surface area (Å²) in [4.78, 5) is 0. The van der Waals surface area contributed by atoms with E-state index < -0.39 is 0 Å². The molecule has 2 aromatic carbocycles. The second kappa shape index (κ2) is 8.53. The predicted octanol–water partition coefficient (Wildman–Crippen LogP) is 4.92. The zero-order chi connectivity index (χ0) is 13.7. The summed E-state index contributed by atoms with van der Waals surface area (Å²) in [6.45, 7) is 0. The molecule has 20 heavy (non-hydrogen) atoms. The normalized spacial score (nSPS) is 11.8.